The predicted octanol–water partition coefficient (Wildman–Crippen LogP) is 10.2. The Balaban J connectivity index is 1.47. The van der Waals surface area contributed by atoms with Crippen LogP contribution in [0.15, 0.2) is 121 Å². The van der Waals surface area contributed by atoms with Gasteiger partial charge in [0.2, 0.25) is 11.5 Å². The first-order chi connectivity index (χ1) is 24.7. The number of fused-ring (bicyclic) bond motifs is 6. The van der Waals surface area contributed by atoms with Crippen LogP contribution in [0.3, 0.4) is 0 Å². The molecule has 1 aliphatic rings. The minimum absolute atomic E-state index is 0.0163. The van der Waals surface area contributed by atoms with Gasteiger partial charge in [0.15, 0.2) is 23.0 Å². The van der Waals surface area contributed by atoms with Crippen molar-refractivity contribution in [2.75, 3.05) is 0 Å². The van der Waals surface area contributed by atoms with Gasteiger partial charge in [0.1, 0.15) is 5.75 Å². The zero-order valence-corrected chi connectivity index (χ0v) is 27.0. The number of hydrogen-bond donors (Lipinski definition) is 7. The standard InChI is InChI=1S/C44H30O7/c45-32-21-33(46)40(47)38-35(31-20-26-10-3-4-13-28(26)29-14-5-6-15-30(29)31)39-37(41(48)43(50)44(51)42(39)49)34(36(32)38)27-12-7-11-24(19-27)25-17-16-22-8-1-2-9-23(22)18-25/h1-10,12-21,24,45-51H,11H2. The summed E-state index contributed by atoms with van der Waals surface area (Å²) in [6.45, 7) is 0. The number of rotatable bonds is 3. The van der Waals surface area contributed by atoms with Crippen molar-refractivity contribution in [2.24, 2.45) is 0 Å². The average molecular weight is 671 g/mol. The fourth-order valence-corrected chi connectivity index (χ4v) is 7.91. The average Bonchev–Trinajstić information content (AvgIpc) is 3.16. The third-order valence-corrected chi connectivity index (χ3v) is 10.3. The lowest BCUT2D eigenvalue weighted by Gasteiger charge is -2.25. The van der Waals surface area contributed by atoms with E-state index in [4.69, 9.17) is 0 Å². The molecule has 248 valence electrons. The number of hydrogen-bond acceptors (Lipinski definition) is 7. The number of aromatic hydroxyl groups is 7. The summed E-state index contributed by atoms with van der Waals surface area (Å²) in [7, 11) is 0. The van der Waals surface area contributed by atoms with E-state index in [1.807, 2.05) is 97.1 Å². The summed E-state index contributed by atoms with van der Waals surface area (Å²) < 4.78 is 0. The van der Waals surface area contributed by atoms with Crippen LogP contribution in [-0.2, 0) is 0 Å². The summed E-state index contributed by atoms with van der Waals surface area (Å²) in [5.41, 5.74) is 2.34. The van der Waals surface area contributed by atoms with Crippen LogP contribution in [0.25, 0.3) is 70.6 Å². The van der Waals surface area contributed by atoms with Crippen LogP contribution in [0.1, 0.15) is 23.5 Å². The van der Waals surface area contributed by atoms with Gasteiger partial charge in [-0.25, -0.2) is 0 Å². The molecule has 51 heavy (non-hydrogen) atoms. The maximum Gasteiger partial charge on any atom is 0.204 e. The van der Waals surface area contributed by atoms with Gasteiger partial charge in [0.05, 0.1) is 0 Å². The monoisotopic (exact) mass is 670 g/mol. The summed E-state index contributed by atoms with van der Waals surface area (Å²) >= 11 is 0. The van der Waals surface area contributed by atoms with Gasteiger partial charge in [-0.15, -0.1) is 0 Å². The first-order valence-electron chi connectivity index (χ1n) is 16.5. The van der Waals surface area contributed by atoms with Gasteiger partial charge in [0, 0.05) is 44.7 Å². The topological polar surface area (TPSA) is 142 Å². The van der Waals surface area contributed by atoms with Crippen molar-refractivity contribution < 1.29 is 35.7 Å². The molecule has 0 radical (unpaired) electrons. The molecule has 8 aromatic rings. The van der Waals surface area contributed by atoms with E-state index in [1.165, 1.54) is 0 Å². The summed E-state index contributed by atoms with van der Waals surface area (Å²) in [6, 6.07) is 32.5. The molecule has 7 heteroatoms. The molecular formula is C44H30O7. The Morgan fingerprint density at radius 3 is 1.80 bits per heavy atom. The third kappa shape index (κ3) is 4.38. The Hall–Kier alpha value is -6.86. The first-order valence-corrected chi connectivity index (χ1v) is 16.5. The Labute approximate surface area is 290 Å². The van der Waals surface area contributed by atoms with Gasteiger partial charge in [-0.2, -0.15) is 0 Å². The molecule has 0 aromatic heterocycles. The molecule has 0 fully saturated rings. The number of allylic oxidation sites excluding steroid dienone is 4. The zero-order valence-electron chi connectivity index (χ0n) is 27.0. The second-order valence-electron chi connectivity index (χ2n) is 13.1. The highest BCUT2D eigenvalue weighted by Gasteiger charge is 2.32. The lowest BCUT2D eigenvalue weighted by Crippen LogP contribution is -2.02. The molecule has 0 heterocycles. The van der Waals surface area contributed by atoms with Crippen molar-refractivity contribution in [3.05, 3.63) is 132 Å². The molecule has 9 rings (SSSR count). The molecule has 8 aromatic carbocycles. The van der Waals surface area contributed by atoms with E-state index >= 15 is 0 Å². The quantitative estimate of drug-likeness (QED) is 0.0429. The van der Waals surface area contributed by atoms with E-state index in [0.717, 1.165) is 38.6 Å². The Morgan fingerprint density at radius 2 is 1.06 bits per heavy atom. The number of benzene rings is 8. The molecule has 0 aliphatic heterocycles. The molecular weight excluding hydrogens is 640 g/mol. The summed E-state index contributed by atoms with van der Waals surface area (Å²) in [4.78, 5) is 0. The fourth-order valence-electron chi connectivity index (χ4n) is 7.91. The highest BCUT2D eigenvalue weighted by molar-refractivity contribution is 6.29. The molecule has 1 unspecified atom stereocenters. The highest BCUT2D eigenvalue weighted by Crippen LogP contribution is 2.60. The smallest absolute Gasteiger partial charge is 0.204 e. The van der Waals surface area contributed by atoms with Gasteiger partial charge in [0.25, 0.3) is 0 Å². The lowest BCUT2D eigenvalue weighted by molar-refractivity contribution is 0.351. The molecule has 1 aliphatic carbocycles. The Morgan fingerprint density at radius 1 is 0.451 bits per heavy atom. The minimum Gasteiger partial charge on any atom is -0.507 e. The molecule has 1 atom stereocenters. The largest absolute Gasteiger partial charge is 0.507 e. The van der Waals surface area contributed by atoms with E-state index in [-0.39, 0.29) is 38.6 Å². The van der Waals surface area contributed by atoms with Crippen LogP contribution in [0, 0.1) is 0 Å². The molecule has 7 nitrogen and oxygen atoms in total. The van der Waals surface area contributed by atoms with E-state index in [9.17, 15) is 35.7 Å². The zero-order chi connectivity index (χ0) is 35.1. The SMILES string of the molecule is Oc1cc(O)c2c(C3=CC(c4ccc5ccccc5c4)CC=C3)c3c(O)c(O)c(O)c(O)c3c(-c3cc4ccccc4c4ccccc34)c2c1O. The van der Waals surface area contributed by atoms with Crippen molar-refractivity contribution in [1.29, 1.82) is 0 Å². The number of phenolic OH excluding ortho intramolecular Hbond substituents is 7. The second kappa shape index (κ2) is 11.1. The summed E-state index contributed by atoms with van der Waals surface area (Å²) in [5.74, 6) is -5.09. The molecule has 7 N–H and O–H groups in total. The van der Waals surface area contributed by atoms with Crippen LogP contribution in [0.5, 0.6) is 40.2 Å². The highest BCUT2D eigenvalue weighted by atomic mass is 16.3. The van der Waals surface area contributed by atoms with Gasteiger partial charge < -0.3 is 35.7 Å². The minimum atomic E-state index is -0.956. The third-order valence-electron chi connectivity index (χ3n) is 10.3. The first kappa shape index (κ1) is 30.2. The van der Waals surface area contributed by atoms with E-state index in [0.29, 0.717) is 22.9 Å². The maximum absolute atomic E-state index is 11.8. The lowest BCUT2D eigenvalue weighted by atomic mass is 9.79. The van der Waals surface area contributed by atoms with Crippen LogP contribution < -0.4 is 0 Å². The van der Waals surface area contributed by atoms with Crippen molar-refractivity contribution in [3.8, 4) is 51.4 Å². The molecule has 0 saturated carbocycles. The van der Waals surface area contributed by atoms with E-state index < -0.39 is 40.2 Å². The van der Waals surface area contributed by atoms with Gasteiger partial charge in [-0.1, -0.05) is 109 Å². The summed E-state index contributed by atoms with van der Waals surface area (Å²) in [6.07, 6.45) is 6.42. The van der Waals surface area contributed by atoms with Crippen LogP contribution in [0.4, 0.5) is 0 Å². The van der Waals surface area contributed by atoms with Crippen LogP contribution in [-0.4, -0.2) is 35.7 Å². The van der Waals surface area contributed by atoms with E-state index in [2.05, 4.69) is 18.2 Å². The van der Waals surface area contributed by atoms with Crippen molar-refractivity contribution in [3.63, 3.8) is 0 Å². The molecule has 0 bridgehead atoms. The van der Waals surface area contributed by atoms with Gasteiger partial charge in [-0.05, 0) is 61.5 Å². The molecule has 0 spiro atoms. The van der Waals surface area contributed by atoms with Crippen molar-refractivity contribution >= 4 is 59.4 Å². The van der Waals surface area contributed by atoms with E-state index in [1.54, 1.807) is 0 Å². The van der Waals surface area contributed by atoms with Gasteiger partial charge >= 0.3 is 0 Å². The molecule has 0 amide bonds. The van der Waals surface area contributed by atoms with Crippen LogP contribution >= 0.6 is 0 Å². The molecule has 0 saturated heterocycles. The normalized spacial score (nSPS) is 14.6. The summed E-state index contributed by atoms with van der Waals surface area (Å²) in [5, 5.41) is 85.4. The van der Waals surface area contributed by atoms with Crippen LogP contribution in [0.2, 0.25) is 0 Å². The maximum atomic E-state index is 11.8. The van der Waals surface area contributed by atoms with Crippen molar-refractivity contribution in [2.45, 2.75) is 12.3 Å². The second-order valence-corrected chi connectivity index (χ2v) is 13.1. The van der Waals surface area contributed by atoms with Gasteiger partial charge in [-0.3, -0.25) is 0 Å². The number of phenols is 7. The Kier molecular flexibility index (Phi) is 6.57. The fraction of sp³-hybridized carbons (Fsp3) is 0.0455. The Bertz CT molecular complexity index is 2870. The van der Waals surface area contributed by atoms with Crippen molar-refractivity contribution in [1.82, 2.24) is 0 Å². The predicted molar refractivity (Wildman–Crippen MR) is 202 cm³/mol.